The van der Waals surface area contributed by atoms with Crippen LogP contribution in [-0.2, 0) is 24.2 Å². The number of rotatable bonds is 5. The maximum atomic E-state index is 12.3. The minimum atomic E-state index is -0.573. The molecule has 28 heavy (non-hydrogen) atoms. The largest absolute Gasteiger partial charge is 0.389 e. The molecule has 1 atom stereocenters. The predicted octanol–water partition coefficient (Wildman–Crippen LogP) is 3.90. The number of amides is 1. The number of carbonyl (C=O) groups is 1. The number of aromatic nitrogens is 2. The van der Waals surface area contributed by atoms with Crippen LogP contribution in [0.3, 0.4) is 0 Å². The Bertz CT molecular complexity index is 948. The van der Waals surface area contributed by atoms with E-state index in [2.05, 4.69) is 37.3 Å². The number of thiophene rings is 1. The molecule has 0 saturated carbocycles. The zero-order valence-electron chi connectivity index (χ0n) is 16.2. The molecule has 3 rings (SSSR count). The van der Waals surface area contributed by atoms with Gasteiger partial charge in [0.1, 0.15) is 11.1 Å². The highest BCUT2D eigenvalue weighted by Crippen LogP contribution is 2.43. The number of nitrogens with one attached hydrogen (secondary N) is 1. The standard InChI is InChI=1S/C19H23N5O3S/c1-19(2,3)12-4-5-13-14(11-20)18(28-15(13)10-12)21-17(25)7-9-23-8-6-16(22-23)24(26)27/h6,8,12H,4-5,7,9-10H2,1-3H3,(H,21,25)/t12-/m1/s1. The molecule has 0 fully saturated rings. The molecule has 0 bridgehead atoms. The van der Waals surface area contributed by atoms with Crippen LogP contribution in [0.25, 0.3) is 0 Å². The first kappa shape index (κ1) is 20.0. The van der Waals surface area contributed by atoms with Gasteiger partial charge in [-0.3, -0.25) is 4.79 Å². The molecular weight excluding hydrogens is 378 g/mol. The SMILES string of the molecule is CC(C)(C)[C@@H]1CCc2c(sc(NC(=O)CCn3ccc([N+](=O)[O-])n3)c2C#N)C1. The molecule has 0 spiro atoms. The molecule has 2 aromatic rings. The van der Waals surface area contributed by atoms with Crippen molar-refractivity contribution >= 4 is 28.1 Å². The van der Waals surface area contributed by atoms with Crippen LogP contribution in [-0.4, -0.2) is 20.6 Å². The molecule has 1 amide bonds. The molecule has 148 valence electrons. The lowest BCUT2D eigenvalue weighted by Crippen LogP contribution is -2.26. The number of hydrogen-bond donors (Lipinski definition) is 1. The maximum absolute atomic E-state index is 12.3. The molecule has 0 radical (unpaired) electrons. The Labute approximate surface area is 167 Å². The summed E-state index contributed by atoms with van der Waals surface area (Å²) in [6.07, 6.45) is 4.45. The minimum Gasteiger partial charge on any atom is -0.358 e. The molecule has 1 aliphatic carbocycles. The fraction of sp³-hybridized carbons (Fsp3) is 0.526. The number of nitrogens with zero attached hydrogens (tertiary/aromatic N) is 4. The molecule has 0 aromatic carbocycles. The summed E-state index contributed by atoms with van der Waals surface area (Å²) in [4.78, 5) is 23.6. The third kappa shape index (κ3) is 4.22. The van der Waals surface area contributed by atoms with Crippen LogP contribution in [0.15, 0.2) is 12.3 Å². The first-order valence-electron chi connectivity index (χ1n) is 9.21. The Morgan fingerprint density at radius 3 is 2.89 bits per heavy atom. The van der Waals surface area contributed by atoms with Crippen molar-refractivity contribution in [3.05, 3.63) is 38.4 Å². The Morgan fingerprint density at radius 1 is 1.54 bits per heavy atom. The quantitative estimate of drug-likeness (QED) is 0.603. The summed E-state index contributed by atoms with van der Waals surface area (Å²) in [6.45, 7) is 6.95. The Morgan fingerprint density at radius 2 is 2.29 bits per heavy atom. The summed E-state index contributed by atoms with van der Waals surface area (Å²) in [5.74, 6) is 0.0801. The van der Waals surface area contributed by atoms with E-state index in [1.54, 1.807) is 0 Å². The van der Waals surface area contributed by atoms with Crippen LogP contribution in [0.4, 0.5) is 10.8 Å². The van der Waals surface area contributed by atoms with Crippen molar-refractivity contribution in [2.24, 2.45) is 11.3 Å². The van der Waals surface area contributed by atoms with Gasteiger partial charge in [-0.25, -0.2) is 0 Å². The number of fused-ring (bicyclic) bond motifs is 1. The topological polar surface area (TPSA) is 114 Å². The Kier molecular flexibility index (Phi) is 5.52. The van der Waals surface area contributed by atoms with Crippen molar-refractivity contribution in [3.8, 4) is 6.07 Å². The van der Waals surface area contributed by atoms with Crippen LogP contribution in [0.1, 0.15) is 49.6 Å². The number of carbonyl (C=O) groups excluding carboxylic acids is 1. The molecule has 0 saturated heterocycles. The summed E-state index contributed by atoms with van der Waals surface area (Å²) in [5, 5.41) is 27.5. The van der Waals surface area contributed by atoms with Gasteiger partial charge in [0.2, 0.25) is 5.91 Å². The third-order valence-electron chi connectivity index (χ3n) is 5.24. The van der Waals surface area contributed by atoms with Gasteiger partial charge in [0.25, 0.3) is 0 Å². The maximum Gasteiger partial charge on any atom is 0.389 e. The lowest BCUT2D eigenvalue weighted by atomic mass is 9.72. The normalized spacial score (nSPS) is 16.3. The average molecular weight is 401 g/mol. The highest BCUT2D eigenvalue weighted by Gasteiger charge is 2.32. The van der Waals surface area contributed by atoms with Gasteiger partial charge in [-0.15, -0.1) is 11.3 Å². The average Bonchev–Trinajstić information content (AvgIpc) is 3.22. The van der Waals surface area contributed by atoms with E-state index in [0.717, 1.165) is 24.8 Å². The number of nitriles is 1. The van der Waals surface area contributed by atoms with E-state index in [9.17, 15) is 20.2 Å². The molecule has 9 heteroatoms. The van der Waals surface area contributed by atoms with Crippen molar-refractivity contribution in [2.45, 2.75) is 53.0 Å². The zero-order valence-corrected chi connectivity index (χ0v) is 17.0. The van der Waals surface area contributed by atoms with Gasteiger partial charge in [0, 0.05) is 11.3 Å². The molecular formula is C19H23N5O3S. The van der Waals surface area contributed by atoms with Gasteiger partial charge in [0.05, 0.1) is 29.5 Å². The van der Waals surface area contributed by atoms with Crippen LogP contribution >= 0.6 is 11.3 Å². The zero-order chi connectivity index (χ0) is 20.5. The van der Waals surface area contributed by atoms with E-state index in [1.807, 2.05) is 0 Å². The van der Waals surface area contributed by atoms with Gasteiger partial charge < -0.3 is 15.4 Å². The number of hydrogen-bond acceptors (Lipinski definition) is 6. The molecule has 0 aliphatic heterocycles. The van der Waals surface area contributed by atoms with E-state index >= 15 is 0 Å². The first-order valence-corrected chi connectivity index (χ1v) is 10.0. The highest BCUT2D eigenvalue weighted by molar-refractivity contribution is 7.16. The molecule has 1 N–H and O–H groups in total. The second-order valence-electron chi connectivity index (χ2n) is 8.12. The lowest BCUT2D eigenvalue weighted by Gasteiger charge is -2.33. The second kappa shape index (κ2) is 7.72. The van der Waals surface area contributed by atoms with E-state index in [-0.39, 0.29) is 30.1 Å². The Balaban J connectivity index is 1.67. The summed E-state index contributed by atoms with van der Waals surface area (Å²) in [6, 6.07) is 3.55. The smallest absolute Gasteiger partial charge is 0.358 e. The van der Waals surface area contributed by atoms with Crippen LogP contribution < -0.4 is 5.32 Å². The number of nitro groups is 1. The number of anilines is 1. The summed E-state index contributed by atoms with van der Waals surface area (Å²) in [7, 11) is 0. The molecule has 1 aliphatic rings. The van der Waals surface area contributed by atoms with Gasteiger partial charge in [-0.05, 0) is 41.1 Å². The monoisotopic (exact) mass is 401 g/mol. The fourth-order valence-corrected chi connectivity index (χ4v) is 4.80. The van der Waals surface area contributed by atoms with E-state index in [0.29, 0.717) is 16.5 Å². The lowest BCUT2D eigenvalue weighted by molar-refractivity contribution is -0.389. The predicted molar refractivity (Wildman–Crippen MR) is 106 cm³/mol. The Hall–Kier alpha value is -2.73. The van der Waals surface area contributed by atoms with Gasteiger partial charge in [0.15, 0.2) is 0 Å². The van der Waals surface area contributed by atoms with Crippen molar-refractivity contribution in [1.82, 2.24) is 9.78 Å². The highest BCUT2D eigenvalue weighted by atomic mass is 32.1. The van der Waals surface area contributed by atoms with E-state index in [1.165, 1.54) is 33.2 Å². The third-order valence-corrected chi connectivity index (χ3v) is 6.41. The van der Waals surface area contributed by atoms with Gasteiger partial charge in [-0.1, -0.05) is 20.8 Å². The molecule has 8 nitrogen and oxygen atoms in total. The van der Waals surface area contributed by atoms with Crippen molar-refractivity contribution in [1.29, 1.82) is 5.26 Å². The van der Waals surface area contributed by atoms with Crippen molar-refractivity contribution in [3.63, 3.8) is 0 Å². The summed E-state index contributed by atoms with van der Waals surface area (Å²) >= 11 is 1.50. The van der Waals surface area contributed by atoms with Crippen molar-refractivity contribution < 1.29 is 9.72 Å². The van der Waals surface area contributed by atoms with Crippen LogP contribution in [0.2, 0.25) is 0 Å². The molecule has 2 aromatic heterocycles. The van der Waals surface area contributed by atoms with Crippen LogP contribution in [0.5, 0.6) is 0 Å². The molecule has 0 unspecified atom stereocenters. The number of aryl methyl sites for hydroxylation is 1. The van der Waals surface area contributed by atoms with E-state index < -0.39 is 4.92 Å². The first-order chi connectivity index (χ1) is 13.2. The second-order valence-corrected chi connectivity index (χ2v) is 9.22. The summed E-state index contributed by atoms with van der Waals surface area (Å²) < 4.78 is 1.37. The van der Waals surface area contributed by atoms with E-state index in [4.69, 9.17) is 0 Å². The van der Waals surface area contributed by atoms with Crippen LogP contribution in [0, 0.1) is 32.8 Å². The minimum absolute atomic E-state index is 0.122. The fourth-order valence-electron chi connectivity index (χ4n) is 3.51. The van der Waals surface area contributed by atoms with Gasteiger partial charge >= 0.3 is 5.82 Å². The van der Waals surface area contributed by atoms with Crippen molar-refractivity contribution in [2.75, 3.05) is 5.32 Å². The molecule has 2 heterocycles. The van der Waals surface area contributed by atoms with Gasteiger partial charge in [-0.2, -0.15) is 9.94 Å². The summed E-state index contributed by atoms with van der Waals surface area (Å²) in [5.41, 5.74) is 1.87.